The Morgan fingerprint density at radius 1 is 0.661 bits per heavy atom. The monoisotopic (exact) mass is 814 g/mol. The summed E-state index contributed by atoms with van der Waals surface area (Å²) in [6.07, 6.45) is 1.58. The molecule has 6 N–H and O–H groups in total. The molecule has 0 bridgehead atoms. The zero-order chi connectivity index (χ0) is 42.4. The molecule has 0 radical (unpaired) electrons. The van der Waals surface area contributed by atoms with E-state index in [0.717, 1.165) is 27.8 Å². The fraction of sp³-hybridized carbons (Fsp3) is 0.489. The SMILES string of the molecule is CCOCCOCCNC(=O)C(CCCCNC(=O)OCC1c2ccccc2-c2ccccc21)NC(=O)CNC(=O)C(CC(C)C)NC(=O)C(Cc1ccccc1)NC. The Balaban J connectivity index is 1.25. The van der Waals surface area contributed by atoms with Gasteiger partial charge in [0, 0.05) is 25.6 Å². The molecule has 0 aliphatic heterocycles. The van der Waals surface area contributed by atoms with Gasteiger partial charge in [0.05, 0.1) is 32.4 Å². The van der Waals surface area contributed by atoms with Crippen LogP contribution in [0.25, 0.3) is 11.1 Å². The largest absolute Gasteiger partial charge is 0.449 e. The highest BCUT2D eigenvalue weighted by molar-refractivity contribution is 5.93. The van der Waals surface area contributed by atoms with Crippen molar-refractivity contribution < 1.29 is 38.2 Å². The summed E-state index contributed by atoms with van der Waals surface area (Å²) in [4.78, 5) is 65.7. The second kappa shape index (κ2) is 25.2. The van der Waals surface area contributed by atoms with E-state index in [2.05, 4.69) is 56.2 Å². The second-order valence-electron chi connectivity index (χ2n) is 14.9. The number of benzene rings is 3. The molecule has 0 fully saturated rings. The van der Waals surface area contributed by atoms with Crippen LogP contribution >= 0.6 is 0 Å². The fourth-order valence-electron chi connectivity index (χ4n) is 7.00. The Morgan fingerprint density at radius 2 is 1.31 bits per heavy atom. The fourth-order valence-corrected chi connectivity index (χ4v) is 7.00. The summed E-state index contributed by atoms with van der Waals surface area (Å²) in [7, 11) is 1.69. The molecule has 0 aromatic heterocycles. The number of alkyl carbamates (subject to hydrolysis) is 1. The number of carbonyl (C=O) groups is 5. The lowest BCUT2D eigenvalue weighted by Crippen LogP contribution is -2.55. The molecule has 0 heterocycles. The predicted molar refractivity (Wildman–Crippen MR) is 227 cm³/mol. The van der Waals surface area contributed by atoms with E-state index in [1.807, 2.05) is 75.4 Å². The molecular weight excluding hydrogens is 753 g/mol. The average Bonchev–Trinajstić information content (AvgIpc) is 3.56. The van der Waals surface area contributed by atoms with E-state index in [-0.39, 0.29) is 43.9 Å². The molecule has 3 atom stereocenters. The second-order valence-corrected chi connectivity index (χ2v) is 14.9. The summed E-state index contributed by atoms with van der Waals surface area (Å²) in [6.45, 7) is 7.82. The number of ether oxygens (including phenoxy) is 3. The Labute approximate surface area is 348 Å². The van der Waals surface area contributed by atoms with Gasteiger partial charge in [-0.2, -0.15) is 0 Å². The lowest BCUT2D eigenvalue weighted by molar-refractivity contribution is -0.132. The highest BCUT2D eigenvalue weighted by atomic mass is 16.5. The summed E-state index contributed by atoms with van der Waals surface area (Å²) in [6, 6.07) is 23.5. The van der Waals surface area contributed by atoms with Crippen LogP contribution in [0.2, 0.25) is 0 Å². The lowest BCUT2D eigenvalue weighted by atomic mass is 9.98. The third-order valence-electron chi connectivity index (χ3n) is 10.0. The van der Waals surface area contributed by atoms with Crippen LogP contribution in [0.15, 0.2) is 78.9 Å². The number of fused-ring (bicyclic) bond motifs is 3. The van der Waals surface area contributed by atoms with E-state index >= 15 is 0 Å². The molecular formula is C45H62N6O8. The van der Waals surface area contributed by atoms with Crippen molar-refractivity contribution >= 4 is 29.7 Å². The van der Waals surface area contributed by atoms with Gasteiger partial charge in [-0.1, -0.05) is 92.7 Å². The first-order valence-electron chi connectivity index (χ1n) is 20.7. The Hall–Kier alpha value is -5.31. The van der Waals surface area contributed by atoms with Crippen molar-refractivity contribution in [3.63, 3.8) is 0 Å². The first kappa shape index (κ1) is 46.4. The molecule has 3 aromatic rings. The first-order valence-corrected chi connectivity index (χ1v) is 20.7. The number of hydrogen-bond acceptors (Lipinski definition) is 9. The number of unbranched alkanes of at least 4 members (excludes halogenated alkanes) is 1. The van der Waals surface area contributed by atoms with E-state index < -0.39 is 48.5 Å². The van der Waals surface area contributed by atoms with Crippen LogP contribution in [0.4, 0.5) is 4.79 Å². The molecule has 0 saturated carbocycles. The maximum Gasteiger partial charge on any atom is 0.407 e. The molecule has 0 saturated heterocycles. The van der Waals surface area contributed by atoms with Gasteiger partial charge in [0.25, 0.3) is 0 Å². The van der Waals surface area contributed by atoms with Gasteiger partial charge in [-0.15, -0.1) is 0 Å². The molecule has 320 valence electrons. The summed E-state index contributed by atoms with van der Waals surface area (Å²) < 4.78 is 16.4. The number of carbonyl (C=O) groups excluding carboxylic acids is 5. The molecule has 14 nitrogen and oxygen atoms in total. The van der Waals surface area contributed by atoms with Crippen LogP contribution in [0, 0.1) is 5.92 Å². The molecule has 59 heavy (non-hydrogen) atoms. The number of amides is 5. The number of hydrogen-bond donors (Lipinski definition) is 6. The molecule has 0 spiro atoms. The molecule has 3 aromatic carbocycles. The van der Waals surface area contributed by atoms with E-state index in [4.69, 9.17) is 14.2 Å². The number of likely N-dealkylation sites (N-methyl/N-ethyl adjacent to an activating group) is 1. The summed E-state index contributed by atoms with van der Waals surface area (Å²) in [5, 5.41) is 16.9. The van der Waals surface area contributed by atoms with Gasteiger partial charge in [-0.25, -0.2) is 4.79 Å². The smallest absolute Gasteiger partial charge is 0.407 e. The number of nitrogens with one attached hydrogen (secondary N) is 6. The zero-order valence-electron chi connectivity index (χ0n) is 34.9. The summed E-state index contributed by atoms with van der Waals surface area (Å²) in [5.74, 6) is -1.75. The molecule has 5 amide bonds. The topological polar surface area (TPSA) is 185 Å². The van der Waals surface area contributed by atoms with Gasteiger partial charge >= 0.3 is 6.09 Å². The Kier molecular flexibility index (Phi) is 19.8. The van der Waals surface area contributed by atoms with Crippen molar-refractivity contribution in [2.45, 2.75) is 76.9 Å². The van der Waals surface area contributed by atoms with Crippen molar-refractivity contribution in [3.05, 3.63) is 95.6 Å². The third kappa shape index (κ3) is 15.4. The quantitative estimate of drug-likeness (QED) is 0.0656. The van der Waals surface area contributed by atoms with Gasteiger partial charge in [-0.3, -0.25) is 19.2 Å². The van der Waals surface area contributed by atoms with Gasteiger partial charge < -0.3 is 46.1 Å². The molecule has 1 aliphatic rings. The van der Waals surface area contributed by atoms with Gasteiger partial charge in [0.15, 0.2) is 0 Å². The van der Waals surface area contributed by atoms with Crippen molar-refractivity contribution in [2.24, 2.45) is 5.92 Å². The Bertz CT molecular complexity index is 1750. The van der Waals surface area contributed by atoms with Crippen LogP contribution in [-0.2, 0) is 39.8 Å². The molecule has 14 heteroatoms. The van der Waals surface area contributed by atoms with Crippen molar-refractivity contribution in [2.75, 3.05) is 59.7 Å². The van der Waals surface area contributed by atoms with Gasteiger partial charge in [0.1, 0.15) is 18.7 Å². The van der Waals surface area contributed by atoms with E-state index in [1.165, 1.54) is 0 Å². The van der Waals surface area contributed by atoms with E-state index in [9.17, 15) is 24.0 Å². The minimum atomic E-state index is -0.905. The van der Waals surface area contributed by atoms with Crippen LogP contribution in [-0.4, -0.2) is 108 Å². The predicted octanol–water partition coefficient (Wildman–Crippen LogP) is 3.83. The standard InChI is InChI=1S/C45H62N6O8/c1-5-57-25-26-58-24-23-47-42(53)38(21-13-14-22-48-45(56)59-30-37-35-19-11-9-17-33(35)34-18-10-12-20-36(34)37)50-41(52)29-49-43(54)40(27-31(2)3)51-44(55)39(46-4)28-32-15-7-6-8-16-32/h6-12,15-20,31,37-40,46H,5,13-14,21-30H2,1-4H3,(H,47,53)(H,48,56)(H,49,54)(H,50,52)(H,51,55). The van der Waals surface area contributed by atoms with Gasteiger partial charge in [-0.05, 0) is 79.8 Å². The van der Waals surface area contributed by atoms with Crippen LogP contribution in [0.1, 0.15) is 69.1 Å². The molecule has 1 aliphatic carbocycles. The normalized spacial score (nSPS) is 13.4. The van der Waals surface area contributed by atoms with Crippen molar-refractivity contribution in [1.29, 1.82) is 0 Å². The molecule has 4 rings (SSSR count). The van der Waals surface area contributed by atoms with Gasteiger partial charge in [0.2, 0.25) is 23.6 Å². The third-order valence-corrected chi connectivity index (χ3v) is 10.0. The lowest BCUT2D eigenvalue weighted by Gasteiger charge is -2.24. The van der Waals surface area contributed by atoms with Crippen LogP contribution < -0.4 is 31.9 Å². The average molecular weight is 815 g/mol. The minimum Gasteiger partial charge on any atom is -0.449 e. The zero-order valence-corrected chi connectivity index (χ0v) is 34.9. The number of rotatable bonds is 26. The maximum atomic E-state index is 13.3. The highest BCUT2D eigenvalue weighted by Gasteiger charge is 2.30. The van der Waals surface area contributed by atoms with Crippen LogP contribution in [0.3, 0.4) is 0 Å². The Morgan fingerprint density at radius 3 is 1.97 bits per heavy atom. The van der Waals surface area contributed by atoms with E-state index in [1.54, 1.807) is 7.05 Å². The summed E-state index contributed by atoms with van der Waals surface area (Å²) >= 11 is 0. The molecule has 3 unspecified atom stereocenters. The maximum absolute atomic E-state index is 13.3. The first-order chi connectivity index (χ1) is 28.6. The summed E-state index contributed by atoms with van der Waals surface area (Å²) in [5.41, 5.74) is 5.53. The highest BCUT2D eigenvalue weighted by Crippen LogP contribution is 2.44. The van der Waals surface area contributed by atoms with Crippen molar-refractivity contribution in [3.8, 4) is 11.1 Å². The van der Waals surface area contributed by atoms with Crippen LogP contribution in [0.5, 0.6) is 0 Å². The van der Waals surface area contributed by atoms with E-state index in [0.29, 0.717) is 52.0 Å². The van der Waals surface area contributed by atoms with Crippen molar-refractivity contribution in [1.82, 2.24) is 31.9 Å². The minimum absolute atomic E-state index is 0.0496.